The molecule has 1 aromatic heterocycles. The zero-order chi connectivity index (χ0) is 15.4. The molecule has 3 nitrogen and oxygen atoms in total. The van der Waals surface area contributed by atoms with Gasteiger partial charge >= 0.3 is 0 Å². The monoisotopic (exact) mass is 383 g/mol. The van der Waals surface area contributed by atoms with Crippen molar-refractivity contribution >= 4 is 47.6 Å². The number of halogens is 2. The Morgan fingerprint density at radius 3 is 2.42 bits per heavy atom. The lowest BCUT2D eigenvalue weighted by Gasteiger charge is -2.14. The van der Waals surface area contributed by atoms with E-state index in [1.54, 1.807) is 0 Å². The number of imidazole rings is 1. The molecule has 0 aliphatic heterocycles. The second-order valence-corrected chi connectivity index (χ2v) is 6.40. The van der Waals surface area contributed by atoms with E-state index in [2.05, 4.69) is 53.3 Å². The van der Waals surface area contributed by atoms with E-state index >= 15 is 0 Å². The van der Waals surface area contributed by atoms with Crippen molar-refractivity contribution in [3.63, 3.8) is 0 Å². The lowest BCUT2D eigenvalue weighted by atomic mass is 10.2. The number of para-hydroxylation sites is 2. The molecular weight excluding hydrogens is 361 g/mol. The van der Waals surface area contributed by atoms with Gasteiger partial charge in [0.25, 0.3) is 0 Å². The molecule has 1 atom stereocenters. The van der Waals surface area contributed by atoms with Gasteiger partial charge in [-0.1, -0.05) is 42.5 Å². The van der Waals surface area contributed by atoms with Gasteiger partial charge in [0.05, 0.1) is 17.1 Å². The molecule has 0 fully saturated rings. The molecule has 130 valence electrons. The Balaban J connectivity index is 0.00000144. The molecule has 0 spiro atoms. The van der Waals surface area contributed by atoms with Crippen molar-refractivity contribution in [2.75, 3.05) is 12.0 Å². The molecule has 0 aliphatic carbocycles. The van der Waals surface area contributed by atoms with E-state index in [0.717, 1.165) is 35.6 Å². The lowest BCUT2D eigenvalue weighted by Crippen LogP contribution is -2.18. The molecule has 24 heavy (non-hydrogen) atoms. The zero-order valence-electron chi connectivity index (χ0n) is 13.6. The molecule has 3 aromatic rings. The summed E-state index contributed by atoms with van der Waals surface area (Å²) in [5, 5.41) is 0. The van der Waals surface area contributed by atoms with Crippen molar-refractivity contribution < 1.29 is 0 Å². The van der Waals surface area contributed by atoms with E-state index < -0.39 is 0 Å². The Morgan fingerprint density at radius 1 is 1.04 bits per heavy atom. The first-order chi connectivity index (χ1) is 10.8. The number of nitrogens with two attached hydrogens (primary N) is 1. The highest BCUT2D eigenvalue weighted by atomic mass is 35.5. The van der Waals surface area contributed by atoms with Crippen molar-refractivity contribution in [1.29, 1.82) is 0 Å². The lowest BCUT2D eigenvalue weighted by molar-refractivity contribution is 0.609. The van der Waals surface area contributed by atoms with Crippen LogP contribution in [0.2, 0.25) is 0 Å². The highest BCUT2D eigenvalue weighted by Gasteiger charge is 2.16. The standard InChI is InChI=1S/C18H21N3S.2ClH/c1-22-12-11-15(19)18-20-16-9-5-6-10-17(16)21(18)13-14-7-3-2-4-8-14;;/h2-10,15H,11-13,19H2,1H3;2*1H. The third-order valence-electron chi connectivity index (χ3n) is 3.83. The van der Waals surface area contributed by atoms with Crippen molar-refractivity contribution in [2.45, 2.75) is 19.0 Å². The molecule has 6 heteroatoms. The number of thioether (sulfide) groups is 1. The number of rotatable bonds is 6. The van der Waals surface area contributed by atoms with Gasteiger partial charge < -0.3 is 10.3 Å². The minimum absolute atomic E-state index is 0. The van der Waals surface area contributed by atoms with Crippen LogP contribution < -0.4 is 5.73 Å². The van der Waals surface area contributed by atoms with Crippen LogP contribution in [0.4, 0.5) is 0 Å². The molecular formula is C18H23Cl2N3S. The Bertz CT molecular complexity index is 746. The van der Waals surface area contributed by atoms with E-state index in [-0.39, 0.29) is 30.9 Å². The van der Waals surface area contributed by atoms with Gasteiger partial charge in [-0.15, -0.1) is 24.8 Å². The third kappa shape index (κ3) is 4.67. The summed E-state index contributed by atoms with van der Waals surface area (Å²) in [7, 11) is 0. The molecule has 0 saturated heterocycles. The van der Waals surface area contributed by atoms with Gasteiger partial charge in [-0.05, 0) is 36.1 Å². The minimum Gasteiger partial charge on any atom is -0.322 e. The normalized spacial score (nSPS) is 11.6. The maximum Gasteiger partial charge on any atom is 0.127 e. The van der Waals surface area contributed by atoms with E-state index in [1.165, 1.54) is 5.56 Å². The van der Waals surface area contributed by atoms with Crippen LogP contribution in [0.25, 0.3) is 11.0 Å². The summed E-state index contributed by atoms with van der Waals surface area (Å²) in [5.41, 5.74) is 9.85. The summed E-state index contributed by atoms with van der Waals surface area (Å²) in [6, 6.07) is 18.7. The average Bonchev–Trinajstić information content (AvgIpc) is 2.92. The summed E-state index contributed by atoms with van der Waals surface area (Å²) in [5.74, 6) is 2.04. The zero-order valence-corrected chi connectivity index (χ0v) is 16.0. The van der Waals surface area contributed by atoms with Crippen molar-refractivity contribution in [3.8, 4) is 0 Å². The fraction of sp³-hybridized carbons (Fsp3) is 0.278. The Kier molecular flexibility index (Phi) is 8.63. The summed E-state index contributed by atoms with van der Waals surface area (Å²) >= 11 is 1.82. The molecule has 1 heterocycles. The van der Waals surface area contributed by atoms with Gasteiger partial charge in [-0.3, -0.25) is 0 Å². The number of hydrogen-bond acceptors (Lipinski definition) is 3. The first-order valence-corrected chi connectivity index (χ1v) is 8.92. The van der Waals surface area contributed by atoms with E-state index in [1.807, 2.05) is 23.9 Å². The number of hydrogen-bond donors (Lipinski definition) is 1. The Labute approximate surface area is 159 Å². The van der Waals surface area contributed by atoms with Crippen molar-refractivity contribution in [1.82, 2.24) is 9.55 Å². The van der Waals surface area contributed by atoms with Crippen LogP contribution in [0.1, 0.15) is 23.9 Å². The largest absolute Gasteiger partial charge is 0.322 e. The second-order valence-electron chi connectivity index (χ2n) is 5.42. The molecule has 1 unspecified atom stereocenters. The number of fused-ring (bicyclic) bond motifs is 1. The molecule has 2 N–H and O–H groups in total. The predicted octanol–water partition coefficient (Wildman–Crippen LogP) is 4.68. The topological polar surface area (TPSA) is 43.8 Å². The van der Waals surface area contributed by atoms with E-state index in [4.69, 9.17) is 10.7 Å². The van der Waals surface area contributed by atoms with Crippen LogP contribution in [0.5, 0.6) is 0 Å². The summed E-state index contributed by atoms with van der Waals surface area (Å²) in [6.45, 7) is 0.809. The number of aromatic nitrogens is 2. The first-order valence-electron chi connectivity index (χ1n) is 7.53. The maximum atomic E-state index is 6.40. The third-order valence-corrected chi connectivity index (χ3v) is 4.48. The van der Waals surface area contributed by atoms with Gasteiger partial charge in [0, 0.05) is 6.54 Å². The fourth-order valence-corrected chi connectivity index (χ4v) is 3.17. The molecule has 0 amide bonds. The Hall–Kier alpha value is -1.20. The van der Waals surface area contributed by atoms with Crippen molar-refractivity contribution in [2.24, 2.45) is 5.73 Å². The van der Waals surface area contributed by atoms with Gasteiger partial charge in [-0.2, -0.15) is 11.8 Å². The smallest absolute Gasteiger partial charge is 0.127 e. The summed E-state index contributed by atoms with van der Waals surface area (Å²) < 4.78 is 2.26. The van der Waals surface area contributed by atoms with E-state index in [9.17, 15) is 0 Å². The highest BCUT2D eigenvalue weighted by molar-refractivity contribution is 7.98. The summed E-state index contributed by atoms with van der Waals surface area (Å²) in [6.07, 6.45) is 3.05. The summed E-state index contributed by atoms with van der Waals surface area (Å²) in [4.78, 5) is 4.79. The predicted molar refractivity (Wildman–Crippen MR) is 110 cm³/mol. The minimum atomic E-state index is -0.0245. The van der Waals surface area contributed by atoms with Crippen LogP contribution in [-0.4, -0.2) is 21.6 Å². The van der Waals surface area contributed by atoms with Crippen LogP contribution in [0.3, 0.4) is 0 Å². The molecule has 3 rings (SSSR count). The molecule has 0 saturated carbocycles. The first kappa shape index (κ1) is 20.8. The highest BCUT2D eigenvalue weighted by Crippen LogP contribution is 2.23. The number of benzene rings is 2. The van der Waals surface area contributed by atoms with Gasteiger partial charge in [0.15, 0.2) is 0 Å². The maximum absolute atomic E-state index is 6.40. The van der Waals surface area contributed by atoms with E-state index in [0.29, 0.717) is 0 Å². The fourth-order valence-electron chi connectivity index (χ4n) is 2.68. The van der Waals surface area contributed by atoms with Crippen LogP contribution in [0.15, 0.2) is 54.6 Å². The SMILES string of the molecule is CSCCC(N)c1nc2ccccc2n1Cc1ccccc1.Cl.Cl. The molecule has 2 aromatic carbocycles. The van der Waals surface area contributed by atoms with Gasteiger partial charge in [-0.25, -0.2) is 4.98 Å². The molecule has 0 aliphatic rings. The molecule has 0 bridgehead atoms. The Morgan fingerprint density at radius 2 is 1.71 bits per heavy atom. The van der Waals surface area contributed by atoms with Gasteiger partial charge in [0.2, 0.25) is 0 Å². The van der Waals surface area contributed by atoms with Crippen LogP contribution in [-0.2, 0) is 6.54 Å². The quantitative estimate of drug-likeness (QED) is 0.671. The average molecular weight is 384 g/mol. The number of nitrogens with zero attached hydrogens (tertiary/aromatic N) is 2. The second kappa shape index (κ2) is 9.94. The molecule has 0 radical (unpaired) electrons. The van der Waals surface area contributed by atoms with Crippen molar-refractivity contribution in [3.05, 3.63) is 66.0 Å². The van der Waals surface area contributed by atoms with Crippen LogP contribution >= 0.6 is 36.6 Å². The van der Waals surface area contributed by atoms with Gasteiger partial charge in [0.1, 0.15) is 5.82 Å². The van der Waals surface area contributed by atoms with Crippen LogP contribution in [0, 0.1) is 0 Å².